The lowest BCUT2D eigenvalue weighted by Gasteiger charge is -2.43. The molecule has 0 saturated carbocycles. The Balaban J connectivity index is 1.96. The summed E-state index contributed by atoms with van der Waals surface area (Å²) in [6.45, 7) is 1.96. The quantitative estimate of drug-likeness (QED) is 0.908. The minimum Gasteiger partial charge on any atom is -0.328 e. The van der Waals surface area contributed by atoms with Crippen LogP contribution in [0.4, 0.5) is 0 Å². The molecule has 1 aromatic carbocycles. The molecule has 2 atom stereocenters. The molecular weight excluding hydrogens is 288 g/mol. The van der Waals surface area contributed by atoms with Gasteiger partial charge < -0.3 is 5.73 Å². The molecule has 98 valence electrons. The van der Waals surface area contributed by atoms with Gasteiger partial charge in [0.1, 0.15) is 0 Å². The molecule has 0 aliphatic carbocycles. The second kappa shape index (κ2) is 4.95. The van der Waals surface area contributed by atoms with Crippen molar-refractivity contribution in [1.82, 2.24) is 4.90 Å². The molecule has 2 nitrogen and oxygen atoms in total. The van der Waals surface area contributed by atoms with Gasteiger partial charge in [-0.25, -0.2) is 0 Å². The zero-order chi connectivity index (χ0) is 12.6. The van der Waals surface area contributed by atoms with Crippen molar-refractivity contribution < 1.29 is 0 Å². The van der Waals surface area contributed by atoms with Gasteiger partial charge in [0, 0.05) is 17.1 Å². The average molecular weight is 309 g/mol. The van der Waals surface area contributed by atoms with Crippen LogP contribution >= 0.6 is 15.9 Å². The summed E-state index contributed by atoms with van der Waals surface area (Å²) in [4.78, 5) is 2.69. The number of hydrogen-bond acceptors (Lipinski definition) is 2. The molecule has 3 heteroatoms. The van der Waals surface area contributed by atoms with Crippen LogP contribution in [-0.4, -0.2) is 24.0 Å². The highest BCUT2D eigenvalue weighted by atomic mass is 79.9. The molecule has 2 saturated heterocycles. The van der Waals surface area contributed by atoms with Gasteiger partial charge in [-0.2, -0.15) is 0 Å². The van der Waals surface area contributed by atoms with E-state index in [4.69, 9.17) is 5.73 Å². The van der Waals surface area contributed by atoms with Crippen LogP contribution in [0, 0.1) is 0 Å². The van der Waals surface area contributed by atoms with E-state index in [1.807, 2.05) is 0 Å². The SMILES string of the molecule is NCC1(c2ccc(Br)cc2)CCC2CCCCN21. The third-order valence-electron chi connectivity index (χ3n) is 4.79. The molecule has 2 aliphatic rings. The summed E-state index contributed by atoms with van der Waals surface area (Å²) in [5.41, 5.74) is 7.70. The van der Waals surface area contributed by atoms with Gasteiger partial charge in [-0.05, 0) is 49.9 Å². The molecule has 1 aromatic rings. The Hall–Kier alpha value is -0.380. The molecule has 0 radical (unpaired) electrons. The molecule has 18 heavy (non-hydrogen) atoms. The van der Waals surface area contributed by atoms with Crippen LogP contribution in [0.1, 0.15) is 37.7 Å². The van der Waals surface area contributed by atoms with Crippen LogP contribution in [0.3, 0.4) is 0 Å². The summed E-state index contributed by atoms with van der Waals surface area (Å²) < 4.78 is 1.15. The van der Waals surface area contributed by atoms with Gasteiger partial charge in [0.15, 0.2) is 0 Å². The van der Waals surface area contributed by atoms with Crippen molar-refractivity contribution in [2.24, 2.45) is 5.73 Å². The average Bonchev–Trinajstić information content (AvgIpc) is 2.80. The third-order valence-corrected chi connectivity index (χ3v) is 5.32. The van der Waals surface area contributed by atoms with Crippen LogP contribution in [0.5, 0.6) is 0 Å². The maximum atomic E-state index is 6.19. The van der Waals surface area contributed by atoms with Crippen molar-refractivity contribution >= 4 is 15.9 Å². The van der Waals surface area contributed by atoms with E-state index < -0.39 is 0 Å². The zero-order valence-corrected chi connectivity index (χ0v) is 12.3. The molecule has 0 amide bonds. The van der Waals surface area contributed by atoms with Gasteiger partial charge in [-0.3, -0.25) is 4.90 Å². The molecule has 2 fully saturated rings. The lowest BCUT2D eigenvalue weighted by atomic mass is 9.87. The molecule has 0 spiro atoms. The van der Waals surface area contributed by atoms with Crippen LogP contribution in [-0.2, 0) is 5.54 Å². The molecule has 2 N–H and O–H groups in total. The molecule has 0 aromatic heterocycles. The summed E-state index contributed by atoms with van der Waals surface area (Å²) in [5, 5.41) is 0. The number of fused-ring (bicyclic) bond motifs is 1. The van der Waals surface area contributed by atoms with Gasteiger partial charge in [0.05, 0.1) is 5.54 Å². The van der Waals surface area contributed by atoms with Crippen molar-refractivity contribution in [3.05, 3.63) is 34.3 Å². The first-order chi connectivity index (χ1) is 8.76. The van der Waals surface area contributed by atoms with Crippen LogP contribution in [0.15, 0.2) is 28.7 Å². The standard InChI is InChI=1S/C15H21BrN2/c16-13-6-4-12(5-7-13)15(11-17)9-8-14-3-1-2-10-18(14)15/h4-7,14H,1-3,8-11,17H2. The minimum absolute atomic E-state index is 0.103. The van der Waals surface area contributed by atoms with Crippen LogP contribution in [0.25, 0.3) is 0 Å². The fraction of sp³-hybridized carbons (Fsp3) is 0.600. The molecule has 2 heterocycles. The summed E-state index contributed by atoms with van der Waals surface area (Å²) in [6.07, 6.45) is 6.61. The normalized spacial score (nSPS) is 32.4. The third kappa shape index (κ3) is 1.93. The zero-order valence-electron chi connectivity index (χ0n) is 10.7. The maximum absolute atomic E-state index is 6.19. The van der Waals surface area contributed by atoms with E-state index in [1.165, 1.54) is 44.2 Å². The van der Waals surface area contributed by atoms with E-state index in [-0.39, 0.29) is 5.54 Å². The molecular formula is C15H21BrN2. The molecule has 0 bridgehead atoms. The van der Waals surface area contributed by atoms with E-state index in [0.29, 0.717) is 0 Å². The Morgan fingerprint density at radius 2 is 2.00 bits per heavy atom. The van der Waals surface area contributed by atoms with E-state index in [1.54, 1.807) is 0 Å². The number of benzene rings is 1. The van der Waals surface area contributed by atoms with E-state index >= 15 is 0 Å². The van der Waals surface area contributed by atoms with Crippen molar-refractivity contribution in [2.45, 2.75) is 43.7 Å². The van der Waals surface area contributed by atoms with Gasteiger partial charge in [0.25, 0.3) is 0 Å². The number of nitrogens with zero attached hydrogens (tertiary/aromatic N) is 1. The Morgan fingerprint density at radius 1 is 1.22 bits per heavy atom. The number of piperidine rings is 1. The highest BCUT2D eigenvalue weighted by Crippen LogP contribution is 2.44. The Labute approximate surface area is 118 Å². The highest BCUT2D eigenvalue weighted by Gasteiger charge is 2.46. The Bertz CT molecular complexity index is 417. The number of rotatable bonds is 2. The van der Waals surface area contributed by atoms with E-state index in [9.17, 15) is 0 Å². The van der Waals surface area contributed by atoms with Crippen molar-refractivity contribution in [2.75, 3.05) is 13.1 Å². The van der Waals surface area contributed by atoms with E-state index in [2.05, 4.69) is 45.1 Å². The summed E-state index contributed by atoms with van der Waals surface area (Å²) in [7, 11) is 0. The topological polar surface area (TPSA) is 29.3 Å². The lowest BCUT2D eigenvalue weighted by molar-refractivity contribution is 0.0752. The second-order valence-electron chi connectivity index (χ2n) is 5.62. The fourth-order valence-electron chi connectivity index (χ4n) is 3.82. The molecule has 3 rings (SSSR count). The highest BCUT2D eigenvalue weighted by molar-refractivity contribution is 9.10. The Kier molecular flexibility index (Phi) is 3.48. The predicted octanol–water partition coefficient (Wildman–Crippen LogP) is 3.25. The first-order valence-corrected chi connectivity index (χ1v) is 7.78. The number of halogens is 1. The summed E-state index contributed by atoms with van der Waals surface area (Å²) >= 11 is 3.52. The van der Waals surface area contributed by atoms with Crippen molar-refractivity contribution in [1.29, 1.82) is 0 Å². The van der Waals surface area contributed by atoms with Crippen molar-refractivity contribution in [3.63, 3.8) is 0 Å². The van der Waals surface area contributed by atoms with Gasteiger partial charge in [0.2, 0.25) is 0 Å². The molecule has 2 aliphatic heterocycles. The first kappa shape index (κ1) is 12.6. The fourth-order valence-corrected chi connectivity index (χ4v) is 4.08. The first-order valence-electron chi connectivity index (χ1n) is 6.99. The van der Waals surface area contributed by atoms with Gasteiger partial charge >= 0.3 is 0 Å². The summed E-state index contributed by atoms with van der Waals surface area (Å²) in [5.74, 6) is 0. The van der Waals surface area contributed by atoms with Gasteiger partial charge in [-0.15, -0.1) is 0 Å². The second-order valence-corrected chi connectivity index (χ2v) is 6.54. The molecule has 2 unspecified atom stereocenters. The maximum Gasteiger partial charge on any atom is 0.0586 e. The lowest BCUT2D eigenvalue weighted by Crippen LogP contribution is -2.51. The number of hydrogen-bond donors (Lipinski definition) is 1. The van der Waals surface area contributed by atoms with E-state index in [0.717, 1.165) is 17.1 Å². The summed E-state index contributed by atoms with van der Waals surface area (Å²) in [6, 6.07) is 9.54. The Morgan fingerprint density at radius 3 is 2.72 bits per heavy atom. The largest absolute Gasteiger partial charge is 0.328 e. The smallest absolute Gasteiger partial charge is 0.0586 e. The predicted molar refractivity (Wildman–Crippen MR) is 78.5 cm³/mol. The monoisotopic (exact) mass is 308 g/mol. The number of nitrogens with two attached hydrogens (primary N) is 1. The van der Waals surface area contributed by atoms with Crippen LogP contribution in [0.2, 0.25) is 0 Å². The van der Waals surface area contributed by atoms with Crippen molar-refractivity contribution in [3.8, 4) is 0 Å². The van der Waals surface area contributed by atoms with Gasteiger partial charge in [-0.1, -0.05) is 34.5 Å². The minimum atomic E-state index is 0.103. The van der Waals surface area contributed by atoms with Crippen LogP contribution < -0.4 is 5.73 Å².